The third kappa shape index (κ3) is 2.66. The Morgan fingerprint density at radius 2 is 1.67 bits per heavy atom. The lowest BCUT2D eigenvalue weighted by Gasteiger charge is -2.29. The Kier molecular flexibility index (Phi) is 3.89. The van der Waals surface area contributed by atoms with Crippen LogP contribution in [0.1, 0.15) is 0 Å². The quantitative estimate of drug-likeness (QED) is 0.860. The Labute approximate surface area is 108 Å². The van der Waals surface area contributed by atoms with Crippen molar-refractivity contribution in [2.45, 2.75) is 4.90 Å². The Morgan fingerprint density at radius 3 is 2.17 bits per heavy atom. The first-order valence-electron chi connectivity index (χ1n) is 6.00. The van der Waals surface area contributed by atoms with Gasteiger partial charge in [0.25, 0.3) is 0 Å². The molecule has 18 heavy (non-hydrogen) atoms. The number of nitrogens with one attached hydrogen (secondary N) is 1. The lowest BCUT2D eigenvalue weighted by molar-refractivity contribution is 0.520. The maximum absolute atomic E-state index is 11.9. The number of anilines is 1. The Balaban J connectivity index is 2.20. The van der Waals surface area contributed by atoms with Gasteiger partial charge in [-0.2, -0.15) is 0 Å². The van der Waals surface area contributed by atoms with E-state index in [0.717, 1.165) is 31.9 Å². The largest absolute Gasteiger partial charge is 0.369 e. The maximum Gasteiger partial charge on any atom is 0.242 e. The summed E-state index contributed by atoms with van der Waals surface area (Å²) in [5, 5.41) is 3.29. The number of piperazine rings is 1. The van der Waals surface area contributed by atoms with Crippen molar-refractivity contribution in [2.75, 3.05) is 45.2 Å². The van der Waals surface area contributed by atoms with Crippen molar-refractivity contribution in [3.63, 3.8) is 0 Å². The number of rotatable bonds is 3. The first-order valence-corrected chi connectivity index (χ1v) is 7.44. The van der Waals surface area contributed by atoms with Crippen molar-refractivity contribution in [3.05, 3.63) is 24.3 Å². The van der Waals surface area contributed by atoms with Gasteiger partial charge < -0.3 is 10.2 Å². The predicted molar refractivity (Wildman–Crippen MR) is 72.4 cm³/mol. The molecule has 1 aromatic carbocycles. The standard InChI is InChI=1S/C12H19N3O2S/c1-14(2)18(16,17)12-5-3-11(4-6-12)15-9-7-13-8-10-15/h3-6,13H,7-10H2,1-2H3. The molecule has 1 aromatic rings. The molecule has 1 aliphatic rings. The van der Waals surface area contributed by atoms with Gasteiger partial charge in [-0.25, -0.2) is 12.7 Å². The molecule has 0 radical (unpaired) electrons. The van der Waals surface area contributed by atoms with Crippen LogP contribution in [0.3, 0.4) is 0 Å². The molecule has 0 amide bonds. The fraction of sp³-hybridized carbons (Fsp3) is 0.500. The summed E-state index contributed by atoms with van der Waals surface area (Å²) in [4.78, 5) is 2.59. The molecule has 5 nitrogen and oxygen atoms in total. The zero-order valence-electron chi connectivity index (χ0n) is 10.8. The lowest BCUT2D eigenvalue weighted by Crippen LogP contribution is -2.43. The van der Waals surface area contributed by atoms with Gasteiger partial charge in [-0.1, -0.05) is 0 Å². The molecule has 0 spiro atoms. The van der Waals surface area contributed by atoms with Gasteiger partial charge in [0.1, 0.15) is 0 Å². The van der Waals surface area contributed by atoms with Crippen LogP contribution in [0.25, 0.3) is 0 Å². The van der Waals surface area contributed by atoms with Gasteiger partial charge in [-0.3, -0.25) is 0 Å². The molecule has 0 unspecified atom stereocenters. The third-order valence-electron chi connectivity index (χ3n) is 3.10. The van der Waals surface area contributed by atoms with Crippen molar-refractivity contribution in [2.24, 2.45) is 0 Å². The first kappa shape index (κ1) is 13.3. The van der Waals surface area contributed by atoms with Gasteiger partial charge in [0.2, 0.25) is 10.0 Å². The summed E-state index contributed by atoms with van der Waals surface area (Å²) < 4.78 is 25.1. The Morgan fingerprint density at radius 1 is 1.11 bits per heavy atom. The van der Waals surface area contributed by atoms with E-state index in [0.29, 0.717) is 4.90 Å². The molecule has 100 valence electrons. The predicted octanol–water partition coefficient (Wildman–Crippen LogP) is 0.347. The zero-order valence-corrected chi connectivity index (χ0v) is 11.6. The van der Waals surface area contributed by atoms with Gasteiger partial charge in [-0.15, -0.1) is 0 Å². The summed E-state index contributed by atoms with van der Waals surface area (Å²) in [6.45, 7) is 3.86. The summed E-state index contributed by atoms with van der Waals surface area (Å²) in [6, 6.07) is 7.10. The van der Waals surface area contributed by atoms with Gasteiger partial charge >= 0.3 is 0 Å². The molecule has 0 bridgehead atoms. The van der Waals surface area contributed by atoms with E-state index in [-0.39, 0.29) is 0 Å². The number of hydrogen-bond acceptors (Lipinski definition) is 4. The highest BCUT2D eigenvalue weighted by Crippen LogP contribution is 2.19. The number of benzene rings is 1. The van der Waals surface area contributed by atoms with Crippen LogP contribution >= 0.6 is 0 Å². The number of nitrogens with zero attached hydrogens (tertiary/aromatic N) is 2. The van der Waals surface area contributed by atoms with Crippen molar-refractivity contribution in [3.8, 4) is 0 Å². The van der Waals surface area contributed by atoms with Gasteiger partial charge in [0.05, 0.1) is 4.90 Å². The highest BCUT2D eigenvalue weighted by Gasteiger charge is 2.17. The van der Waals surface area contributed by atoms with Crippen molar-refractivity contribution in [1.82, 2.24) is 9.62 Å². The lowest BCUT2D eigenvalue weighted by atomic mass is 10.2. The van der Waals surface area contributed by atoms with Crippen LogP contribution in [-0.4, -0.2) is 53.0 Å². The normalized spacial score (nSPS) is 17.2. The van der Waals surface area contributed by atoms with Crippen LogP contribution in [0, 0.1) is 0 Å². The zero-order chi connectivity index (χ0) is 13.2. The molecule has 1 heterocycles. The smallest absolute Gasteiger partial charge is 0.242 e. The van der Waals surface area contributed by atoms with E-state index >= 15 is 0 Å². The monoisotopic (exact) mass is 269 g/mol. The van der Waals surface area contributed by atoms with Gasteiger partial charge in [0.15, 0.2) is 0 Å². The fourth-order valence-corrected chi connectivity index (χ4v) is 2.86. The SMILES string of the molecule is CN(C)S(=O)(=O)c1ccc(N2CCNCC2)cc1. The van der Waals surface area contributed by atoms with E-state index in [2.05, 4.69) is 10.2 Å². The van der Waals surface area contributed by atoms with E-state index < -0.39 is 10.0 Å². The second kappa shape index (κ2) is 5.26. The van der Waals surface area contributed by atoms with E-state index in [1.807, 2.05) is 12.1 Å². The average molecular weight is 269 g/mol. The first-order chi connectivity index (χ1) is 8.51. The Bertz CT molecular complexity index is 491. The number of hydrogen-bond donors (Lipinski definition) is 1. The van der Waals surface area contributed by atoms with E-state index in [1.54, 1.807) is 26.2 Å². The van der Waals surface area contributed by atoms with Crippen LogP contribution in [0.2, 0.25) is 0 Å². The topological polar surface area (TPSA) is 52.7 Å². The summed E-state index contributed by atoms with van der Waals surface area (Å²) in [5.41, 5.74) is 1.08. The van der Waals surface area contributed by atoms with E-state index in [9.17, 15) is 8.42 Å². The molecule has 1 N–H and O–H groups in total. The maximum atomic E-state index is 11.9. The van der Waals surface area contributed by atoms with Crippen LogP contribution in [0.15, 0.2) is 29.2 Å². The molecular formula is C12H19N3O2S. The van der Waals surface area contributed by atoms with Crippen LogP contribution in [0.5, 0.6) is 0 Å². The molecule has 1 aliphatic heterocycles. The third-order valence-corrected chi connectivity index (χ3v) is 4.93. The molecule has 0 aromatic heterocycles. The molecule has 0 saturated carbocycles. The van der Waals surface area contributed by atoms with Crippen LogP contribution < -0.4 is 10.2 Å². The molecule has 6 heteroatoms. The minimum atomic E-state index is -3.32. The summed E-state index contributed by atoms with van der Waals surface area (Å²) in [6.07, 6.45) is 0. The number of sulfonamides is 1. The Hall–Kier alpha value is -1.11. The molecule has 2 rings (SSSR count). The summed E-state index contributed by atoms with van der Waals surface area (Å²) >= 11 is 0. The average Bonchev–Trinajstić information content (AvgIpc) is 2.40. The van der Waals surface area contributed by atoms with Crippen molar-refractivity contribution < 1.29 is 8.42 Å². The molecule has 1 fully saturated rings. The minimum absolute atomic E-state index is 0.339. The summed E-state index contributed by atoms with van der Waals surface area (Å²) in [7, 11) is -0.239. The van der Waals surface area contributed by atoms with E-state index in [1.165, 1.54) is 4.31 Å². The highest BCUT2D eigenvalue weighted by atomic mass is 32.2. The molecule has 0 aliphatic carbocycles. The van der Waals surface area contributed by atoms with Gasteiger partial charge in [-0.05, 0) is 24.3 Å². The van der Waals surface area contributed by atoms with Crippen LogP contribution in [-0.2, 0) is 10.0 Å². The fourth-order valence-electron chi connectivity index (χ4n) is 1.96. The summed E-state index contributed by atoms with van der Waals surface area (Å²) in [5.74, 6) is 0. The second-order valence-electron chi connectivity index (χ2n) is 4.52. The molecule has 1 saturated heterocycles. The van der Waals surface area contributed by atoms with Gasteiger partial charge in [0, 0.05) is 46.0 Å². The minimum Gasteiger partial charge on any atom is -0.369 e. The highest BCUT2D eigenvalue weighted by molar-refractivity contribution is 7.89. The second-order valence-corrected chi connectivity index (χ2v) is 6.67. The van der Waals surface area contributed by atoms with Crippen LogP contribution in [0.4, 0.5) is 5.69 Å². The van der Waals surface area contributed by atoms with E-state index in [4.69, 9.17) is 0 Å². The van der Waals surface area contributed by atoms with Crippen molar-refractivity contribution in [1.29, 1.82) is 0 Å². The molecule has 0 atom stereocenters. The molecular weight excluding hydrogens is 250 g/mol. The van der Waals surface area contributed by atoms with Crippen molar-refractivity contribution >= 4 is 15.7 Å².